The Kier molecular flexibility index (Phi) is 5.68. The molecule has 1 aliphatic heterocycles. The molecule has 132 valence electrons. The van der Waals surface area contributed by atoms with Crippen LogP contribution in [0.25, 0.3) is 0 Å². The summed E-state index contributed by atoms with van der Waals surface area (Å²) >= 11 is 12.1. The lowest BCUT2D eigenvalue weighted by Crippen LogP contribution is -2.15. The Morgan fingerprint density at radius 1 is 1.16 bits per heavy atom. The van der Waals surface area contributed by atoms with Crippen LogP contribution in [0, 0.1) is 0 Å². The summed E-state index contributed by atoms with van der Waals surface area (Å²) in [7, 11) is 1.54. The summed E-state index contributed by atoms with van der Waals surface area (Å²) in [5.41, 5.74) is 2.20. The summed E-state index contributed by atoms with van der Waals surface area (Å²) in [6, 6.07) is 8.60. The fourth-order valence-corrected chi connectivity index (χ4v) is 3.07. The number of hydrogen-bond acceptors (Lipinski definition) is 5. The molecular weight excluding hydrogens is 367 g/mol. The van der Waals surface area contributed by atoms with E-state index < -0.39 is 5.97 Å². The molecule has 3 rings (SSSR count). The summed E-state index contributed by atoms with van der Waals surface area (Å²) in [6.07, 6.45) is 0.0520. The van der Waals surface area contributed by atoms with Crippen molar-refractivity contribution >= 4 is 29.2 Å². The van der Waals surface area contributed by atoms with Gasteiger partial charge in [0.1, 0.15) is 18.1 Å². The minimum atomic E-state index is -0.402. The number of hydrogen-bond donors (Lipinski definition) is 0. The number of carbonyl (C=O) groups is 1. The molecule has 25 heavy (non-hydrogen) atoms. The van der Waals surface area contributed by atoms with Gasteiger partial charge in [0, 0.05) is 26.7 Å². The molecule has 0 bridgehead atoms. The quantitative estimate of drug-likeness (QED) is 0.726. The minimum Gasteiger partial charge on any atom is -0.496 e. The van der Waals surface area contributed by atoms with Crippen LogP contribution in [0.2, 0.25) is 10.0 Å². The van der Waals surface area contributed by atoms with E-state index in [0.29, 0.717) is 39.3 Å². The topological polar surface area (TPSA) is 54.0 Å². The van der Waals surface area contributed by atoms with Gasteiger partial charge in [-0.3, -0.25) is 4.79 Å². The maximum Gasteiger partial charge on any atom is 0.310 e. The molecule has 2 aromatic carbocycles. The first-order valence-corrected chi connectivity index (χ1v) is 8.32. The highest BCUT2D eigenvalue weighted by molar-refractivity contribution is 6.31. The summed E-state index contributed by atoms with van der Waals surface area (Å²) in [6.45, 7) is 0.635. The van der Waals surface area contributed by atoms with Crippen molar-refractivity contribution in [1.29, 1.82) is 0 Å². The van der Waals surface area contributed by atoms with E-state index in [1.807, 2.05) is 0 Å². The average molecular weight is 383 g/mol. The van der Waals surface area contributed by atoms with Gasteiger partial charge in [0.2, 0.25) is 0 Å². The van der Waals surface area contributed by atoms with Crippen LogP contribution in [-0.4, -0.2) is 19.9 Å². The Hall–Kier alpha value is -1.95. The standard InChI is InChI=1S/C18H16Cl2O5/c1-22-16-3-2-14(19)4-11(16)7-17(21)24-9-13-6-15(20)5-12-8-23-10-25-18(12)13/h2-6H,7-10H2,1H3. The van der Waals surface area contributed by atoms with Gasteiger partial charge in [-0.2, -0.15) is 0 Å². The Morgan fingerprint density at radius 3 is 2.76 bits per heavy atom. The molecule has 0 N–H and O–H groups in total. The van der Waals surface area contributed by atoms with Crippen molar-refractivity contribution in [3.05, 3.63) is 57.1 Å². The van der Waals surface area contributed by atoms with Crippen molar-refractivity contribution < 1.29 is 23.7 Å². The molecule has 0 aliphatic carbocycles. The third-order valence-electron chi connectivity index (χ3n) is 3.72. The predicted octanol–water partition coefficient (Wildman–Crippen LogP) is 4.15. The van der Waals surface area contributed by atoms with Gasteiger partial charge in [0.25, 0.3) is 0 Å². The zero-order valence-corrected chi connectivity index (χ0v) is 15.0. The van der Waals surface area contributed by atoms with Crippen molar-refractivity contribution in [1.82, 2.24) is 0 Å². The molecule has 0 fully saturated rings. The highest BCUT2D eigenvalue weighted by atomic mass is 35.5. The number of rotatable bonds is 5. The average Bonchev–Trinajstić information content (AvgIpc) is 2.59. The lowest BCUT2D eigenvalue weighted by Gasteiger charge is -2.21. The maximum absolute atomic E-state index is 12.2. The fraction of sp³-hybridized carbons (Fsp3) is 0.278. The lowest BCUT2D eigenvalue weighted by molar-refractivity contribution is -0.144. The summed E-state index contributed by atoms with van der Waals surface area (Å²) in [5.74, 6) is 0.840. The molecule has 0 atom stereocenters. The first-order chi connectivity index (χ1) is 12.1. The molecule has 0 saturated carbocycles. The van der Waals surface area contributed by atoms with E-state index in [4.69, 9.17) is 42.1 Å². The lowest BCUT2D eigenvalue weighted by atomic mass is 10.1. The molecule has 2 aromatic rings. The van der Waals surface area contributed by atoms with Crippen molar-refractivity contribution in [2.24, 2.45) is 0 Å². The van der Waals surface area contributed by atoms with Crippen LogP contribution in [-0.2, 0) is 33.9 Å². The predicted molar refractivity (Wildman–Crippen MR) is 93.2 cm³/mol. The number of ether oxygens (including phenoxy) is 4. The molecule has 0 radical (unpaired) electrons. The van der Waals surface area contributed by atoms with Crippen LogP contribution in [0.4, 0.5) is 0 Å². The Labute approximate surface area is 155 Å². The molecular formula is C18H16Cl2O5. The molecule has 1 heterocycles. The van der Waals surface area contributed by atoms with Gasteiger partial charge in [-0.05, 0) is 30.3 Å². The third kappa shape index (κ3) is 4.37. The van der Waals surface area contributed by atoms with Crippen molar-refractivity contribution in [3.63, 3.8) is 0 Å². The first-order valence-electron chi connectivity index (χ1n) is 7.56. The van der Waals surface area contributed by atoms with Crippen LogP contribution in [0.5, 0.6) is 11.5 Å². The Morgan fingerprint density at radius 2 is 1.96 bits per heavy atom. The van der Waals surface area contributed by atoms with E-state index in [0.717, 1.165) is 5.56 Å². The summed E-state index contributed by atoms with van der Waals surface area (Å²) in [4.78, 5) is 12.2. The summed E-state index contributed by atoms with van der Waals surface area (Å²) in [5, 5.41) is 1.07. The van der Waals surface area contributed by atoms with Gasteiger partial charge in [0.05, 0.1) is 20.1 Å². The van der Waals surface area contributed by atoms with Crippen LogP contribution >= 0.6 is 23.2 Å². The van der Waals surface area contributed by atoms with E-state index in [1.54, 1.807) is 30.3 Å². The number of fused-ring (bicyclic) bond motifs is 1. The van der Waals surface area contributed by atoms with Gasteiger partial charge in [-0.15, -0.1) is 0 Å². The van der Waals surface area contributed by atoms with Crippen molar-refractivity contribution in [2.75, 3.05) is 13.9 Å². The van der Waals surface area contributed by atoms with E-state index in [9.17, 15) is 4.79 Å². The highest BCUT2D eigenvalue weighted by Crippen LogP contribution is 2.32. The Bertz CT molecular complexity index is 791. The first kappa shape index (κ1) is 17.9. The molecule has 0 unspecified atom stereocenters. The second-order valence-corrected chi connectivity index (χ2v) is 6.33. The van der Waals surface area contributed by atoms with E-state index in [-0.39, 0.29) is 19.8 Å². The van der Waals surface area contributed by atoms with Gasteiger partial charge < -0.3 is 18.9 Å². The largest absolute Gasteiger partial charge is 0.496 e. The van der Waals surface area contributed by atoms with E-state index >= 15 is 0 Å². The molecule has 5 nitrogen and oxygen atoms in total. The molecule has 7 heteroatoms. The minimum absolute atomic E-state index is 0.0520. The van der Waals surface area contributed by atoms with E-state index in [1.165, 1.54) is 7.11 Å². The number of benzene rings is 2. The van der Waals surface area contributed by atoms with Crippen molar-refractivity contribution in [2.45, 2.75) is 19.6 Å². The highest BCUT2D eigenvalue weighted by Gasteiger charge is 2.18. The SMILES string of the molecule is COc1ccc(Cl)cc1CC(=O)OCc1cc(Cl)cc2c1OCOC2. The normalized spacial score (nSPS) is 12.9. The Balaban J connectivity index is 1.69. The number of esters is 1. The van der Waals surface area contributed by atoms with Crippen LogP contribution in [0.3, 0.4) is 0 Å². The maximum atomic E-state index is 12.2. The van der Waals surface area contributed by atoms with Gasteiger partial charge in [-0.25, -0.2) is 0 Å². The van der Waals surface area contributed by atoms with Gasteiger partial charge in [-0.1, -0.05) is 23.2 Å². The van der Waals surface area contributed by atoms with Gasteiger partial charge >= 0.3 is 5.97 Å². The smallest absolute Gasteiger partial charge is 0.310 e. The number of methoxy groups -OCH3 is 1. The molecule has 0 amide bonds. The number of carbonyl (C=O) groups excluding carboxylic acids is 1. The molecule has 0 aromatic heterocycles. The monoisotopic (exact) mass is 382 g/mol. The summed E-state index contributed by atoms with van der Waals surface area (Å²) < 4.78 is 21.3. The molecule has 1 aliphatic rings. The number of halogens is 2. The zero-order valence-electron chi connectivity index (χ0n) is 13.5. The van der Waals surface area contributed by atoms with Crippen LogP contribution < -0.4 is 9.47 Å². The molecule has 0 spiro atoms. The third-order valence-corrected chi connectivity index (χ3v) is 4.17. The van der Waals surface area contributed by atoms with E-state index in [2.05, 4.69) is 0 Å². The second kappa shape index (κ2) is 7.95. The fourth-order valence-electron chi connectivity index (χ4n) is 2.61. The van der Waals surface area contributed by atoms with Gasteiger partial charge in [0.15, 0.2) is 6.79 Å². The molecule has 0 saturated heterocycles. The van der Waals surface area contributed by atoms with Crippen molar-refractivity contribution in [3.8, 4) is 11.5 Å². The van der Waals surface area contributed by atoms with Crippen LogP contribution in [0.1, 0.15) is 16.7 Å². The zero-order chi connectivity index (χ0) is 17.8. The second-order valence-electron chi connectivity index (χ2n) is 5.46. The van der Waals surface area contributed by atoms with Crippen LogP contribution in [0.15, 0.2) is 30.3 Å².